The van der Waals surface area contributed by atoms with Crippen LogP contribution in [-0.4, -0.2) is 45.4 Å². The van der Waals surface area contributed by atoms with Crippen LogP contribution in [0.4, 0.5) is 13.2 Å². The molecule has 7 rings (SSSR count). The molecule has 0 spiro atoms. The lowest BCUT2D eigenvalue weighted by Gasteiger charge is -2.46. The second-order valence-corrected chi connectivity index (χ2v) is 13.3. The Bertz CT molecular complexity index is 1870. The standard InChI is InChI=1S/C32H27F3N4O3S/c33-22-2-7-25(8-3-22)38-30-15-21-1-6-27(39(26-9-10-26)43(41,42)28-11-4-23(34)5-12-28)18-32(21,17-20(30)19-37-38)31(40)29-16-24(35)13-14-36-29/h2-5,7-8,11-16,19,26-27H,1,6,9-10,17-18H2/t27-,32-/m0/s1. The summed E-state index contributed by atoms with van der Waals surface area (Å²) in [7, 11) is -4.00. The van der Waals surface area contributed by atoms with Crippen LogP contribution in [0.15, 0.2) is 83.5 Å². The van der Waals surface area contributed by atoms with Crippen molar-refractivity contribution in [2.45, 2.75) is 55.5 Å². The molecule has 3 aliphatic carbocycles. The largest absolute Gasteiger partial charge is 0.291 e. The number of aromatic nitrogens is 3. The summed E-state index contributed by atoms with van der Waals surface area (Å²) in [5, 5.41) is 4.54. The first-order valence-corrected chi connectivity index (χ1v) is 15.6. The molecule has 2 saturated carbocycles. The third-order valence-electron chi connectivity index (χ3n) is 8.75. The van der Waals surface area contributed by atoms with Crippen LogP contribution in [0.5, 0.6) is 0 Å². The number of nitrogens with zero attached hydrogens (tertiary/aromatic N) is 4. The number of pyridine rings is 1. The normalized spacial score (nSPS) is 21.7. The molecule has 220 valence electrons. The van der Waals surface area contributed by atoms with Gasteiger partial charge in [-0.05, 0) is 105 Å². The summed E-state index contributed by atoms with van der Waals surface area (Å²) in [4.78, 5) is 18.6. The van der Waals surface area contributed by atoms with Gasteiger partial charge in [0.15, 0.2) is 5.78 Å². The number of rotatable bonds is 7. The van der Waals surface area contributed by atoms with E-state index in [1.165, 1.54) is 40.8 Å². The average molecular weight is 605 g/mol. The van der Waals surface area contributed by atoms with Crippen molar-refractivity contribution in [1.82, 2.24) is 19.1 Å². The number of carbonyl (C=O) groups excluding carboxylic acids is 1. The highest BCUT2D eigenvalue weighted by Crippen LogP contribution is 2.52. The zero-order valence-electron chi connectivity index (χ0n) is 23.0. The van der Waals surface area contributed by atoms with Crippen molar-refractivity contribution in [2.75, 3.05) is 0 Å². The first-order chi connectivity index (χ1) is 20.7. The first-order valence-electron chi connectivity index (χ1n) is 14.2. The summed E-state index contributed by atoms with van der Waals surface area (Å²) < 4.78 is 72.7. The van der Waals surface area contributed by atoms with E-state index < -0.39 is 33.1 Å². The van der Waals surface area contributed by atoms with Crippen molar-refractivity contribution in [1.29, 1.82) is 0 Å². The number of fused-ring (bicyclic) bond motifs is 2. The lowest BCUT2D eigenvalue weighted by atomic mass is 9.60. The van der Waals surface area contributed by atoms with Gasteiger partial charge >= 0.3 is 0 Å². The molecule has 0 aliphatic heterocycles. The number of sulfonamides is 1. The van der Waals surface area contributed by atoms with Crippen LogP contribution in [0.2, 0.25) is 0 Å². The fourth-order valence-electron chi connectivity index (χ4n) is 6.61. The molecule has 3 aliphatic rings. The summed E-state index contributed by atoms with van der Waals surface area (Å²) in [6.45, 7) is 0. The molecule has 0 saturated heterocycles. The Morgan fingerprint density at radius 3 is 2.28 bits per heavy atom. The Labute approximate surface area is 246 Å². The maximum Gasteiger partial charge on any atom is 0.243 e. The number of ketones is 1. The summed E-state index contributed by atoms with van der Waals surface area (Å²) in [6, 6.07) is 12.3. The summed E-state index contributed by atoms with van der Waals surface area (Å²) in [5.74, 6) is -1.87. The number of hydrogen-bond acceptors (Lipinski definition) is 5. The minimum Gasteiger partial charge on any atom is -0.291 e. The fourth-order valence-corrected chi connectivity index (χ4v) is 8.51. The lowest BCUT2D eigenvalue weighted by Crippen LogP contribution is -2.51. The van der Waals surface area contributed by atoms with Crippen LogP contribution >= 0.6 is 0 Å². The molecule has 0 unspecified atom stereocenters. The highest BCUT2D eigenvalue weighted by molar-refractivity contribution is 7.89. The van der Waals surface area contributed by atoms with Crippen molar-refractivity contribution in [3.63, 3.8) is 0 Å². The maximum atomic E-state index is 14.4. The second kappa shape index (κ2) is 10.3. The Hall–Kier alpha value is -4.09. The number of carbonyl (C=O) groups is 1. The van der Waals surface area contributed by atoms with Gasteiger partial charge in [0, 0.05) is 24.3 Å². The summed E-state index contributed by atoms with van der Waals surface area (Å²) >= 11 is 0. The van der Waals surface area contributed by atoms with Crippen LogP contribution in [-0.2, 0) is 16.4 Å². The SMILES string of the molecule is O=C(c1cc(F)ccn1)[C@]12Cc3cnn(-c4ccc(F)cc4)c3C=C1CC[C@H](N(C1CC1)S(=O)(=O)c1ccc(F)cc1)C2. The van der Waals surface area contributed by atoms with E-state index >= 15 is 0 Å². The highest BCUT2D eigenvalue weighted by atomic mass is 32.2. The quantitative estimate of drug-likeness (QED) is 0.245. The van der Waals surface area contributed by atoms with Gasteiger partial charge in [0.25, 0.3) is 0 Å². The van der Waals surface area contributed by atoms with Crippen molar-refractivity contribution < 1.29 is 26.4 Å². The number of halogens is 3. The number of allylic oxidation sites excluding steroid dienone is 1. The van der Waals surface area contributed by atoms with E-state index in [1.54, 1.807) is 23.0 Å². The monoisotopic (exact) mass is 604 g/mol. The van der Waals surface area contributed by atoms with Gasteiger partial charge in [0.2, 0.25) is 10.0 Å². The van der Waals surface area contributed by atoms with E-state index in [-0.39, 0.29) is 41.1 Å². The van der Waals surface area contributed by atoms with Crippen molar-refractivity contribution in [2.24, 2.45) is 5.41 Å². The predicted octanol–water partition coefficient (Wildman–Crippen LogP) is 5.90. The Balaban J connectivity index is 1.32. The molecule has 43 heavy (non-hydrogen) atoms. The molecular weight excluding hydrogens is 577 g/mol. The lowest BCUT2D eigenvalue weighted by molar-refractivity contribution is 0.0733. The van der Waals surface area contributed by atoms with E-state index in [2.05, 4.69) is 10.1 Å². The molecule has 0 N–H and O–H groups in total. The molecular formula is C32H27F3N4O3S. The molecule has 11 heteroatoms. The van der Waals surface area contributed by atoms with Gasteiger partial charge in [-0.25, -0.2) is 26.3 Å². The average Bonchev–Trinajstić information content (AvgIpc) is 3.74. The minimum absolute atomic E-state index is 0.000757. The van der Waals surface area contributed by atoms with Gasteiger partial charge in [-0.2, -0.15) is 9.40 Å². The molecule has 0 amide bonds. The smallest absolute Gasteiger partial charge is 0.243 e. The molecule has 2 heterocycles. The molecule has 4 aromatic rings. The van der Waals surface area contributed by atoms with Crippen LogP contribution < -0.4 is 0 Å². The third-order valence-corrected chi connectivity index (χ3v) is 10.8. The van der Waals surface area contributed by atoms with Crippen molar-refractivity contribution in [3.05, 3.63) is 113 Å². The molecule has 2 aromatic heterocycles. The van der Waals surface area contributed by atoms with Crippen molar-refractivity contribution >= 4 is 21.9 Å². The topological polar surface area (TPSA) is 85.2 Å². The van der Waals surface area contributed by atoms with Gasteiger partial charge in [0.05, 0.1) is 27.9 Å². The molecule has 2 aromatic carbocycles. The van der Waals surface area contributed by atoms with Gasteiger partial charge in [-0.15, -0.1) is 0 Å². The van der Waals surface area contributed by atoms with Crippen LogP contribution in [0.1, 0.15) is 53.8 Å². The van der Waals surface area contributed by atoms with E-state index in [0.29, 0.717) is 31.4 Å². The minimum atomic E-state index is -4.00. The molecule has 0 bridgehead atoms. The second-order valence-electron chi connectivity index (χ2n) is 11.5. The molecule has 2 fully saturated rings. The van der Waals surface area contributed by atoms with Gasteiger partial charge in [-0.1, -0.05) is 5.57 Å². The fraction of sp³-hybridized carbons (Fsp3) is 0.281. The Morgan fingerprint density at radius 1 is 0.907 bits per heavy atom. The van der Waals surface area contributed by atoms with Crippen LogP contribution in [0.25, 0.3) is 11.8 Å². The highest BCUT2D eigenvalue weighted by Gasteiger charge is 2.53. The van der Waals surface area contributed by atoms with Gasteiger partial charge in [-0.3, -0.25) is 9.78 Å². The summed E-state index contributed by atoms with van der Waals surface area (Å²) in [5.41, 5.74) is 1.76. The number of Topliss-reactive ketones (excluding diaryl/α,β-unsaturated/α-hetero) is 1. The third kappa shape index (κ3) is 4.80. The van der Waals surface area contributed by atoms with Crippen LogP contribution in [0.3, 0.4) is 0 Å². The van der Waals surface area contributed by atoms with Crippen molar-refractivity contribution in [3.8, 4) is 5.69 Å². The first kappa shape index (κ1) is 27.7. The molecule has 7 nitrogen and oxygen atoms in total. The molecule has 0 radical (unpaired) electrons. The molecule has 2 atom stereocenters. The van der Waals surface area contributed by atoms with E-state index in [0.717, 1.165) is 35.0 Å². The summed E-state index contributed by atoms with van der Waals surface area (Å²) in [6.07, 6.45) is 7.50. The maximum absolute atomic E-state index is 14.4. The van der Waals surface area contributed by atoms with E-state index in [1.807, 2.05) is 6.08 Å². The van der Waals surface area contributed by atoms with E-state index in [9.17, 15) is 26.4 Å². The zero-order chi connectivity index (χ0) is 29.9. The zero-order valence-corrected chi connectivity index (χ0v) is 23.8. The van der Waals surface area contributed by atoms with Gasteiger partial charge < -0.3 is 0 Å². The van der Waals surface area contributed by atoms with Gasteiger partial charge in [0.1, 0.15) is 23.1 Å². The van der Waals surface area contributed by atoms with Crippen LogP contribution in [0, 0.1) is 22.9 Å². The number of benzene rings is 2. The predicted molar refractivity (Wildman–Crippen MR) is 152 cm³/mol. The number of hydrogen-bond donors (Lipinski definition) is 0. The Kier molecular flexibility index (Phi) is 6.62. The Morgan fingerprint density at radius 2 is 1.60 bits per heavy atom. The van der Waals surface area contributed by atoms with E-state index in [4.69, 9.17) is 0 Å².